The maximum absolute atomic E-state index is 13.3. The topological polar surface area (TPSA) is 174 Å². The molecule has 0 unspecified atom stereocenters. The minimum Gasteiger partial charge on any atom is -0.481 e. The quantitative estimate of drug-likeness (QED) is 0.185. The zero-order valence-electron chi connectivity index (χ0n) is 29.3. The van der Waals surface area contributed by atoms with Gasteiger partial charge < -0.3 is 40.1 Å². The lowest BCUT2D eigenvalue weighted by molar-refractivity contribution is -0.324. The van der Waals surface area contributed by atoms with Gasteiger partial charge in [0, 0.05) is 0 Å². The highest BCUT2D eigenvalue weighted by molar-refractivity contribution is 5.79. The maximum atomic E-state index is 13.3. The molecule has 7 aliphatic rings. The second-order valence-electron chi connectivity index (χ2n) is 18.4. The summed E-state index contributed by atoms with van der Waals surface area (Å²) in [6, 6.07) is 0. The average molecular weight is 673 g/mol. The number of carboxylic acid groups (broad SMARTS) is 2. The lowest BCUT2D eigenvalue weighted by atomic mass is 9.30. The third-order valence-corrected chi connectivity index (χ3v) is 16.4. The van der Waals surface area contributed by atoms with Crippen molar-refractivity contribution in [3.8, 4) is 0 Å². The second-order valence-corrected chi connectivity index (χ2v) is 18.4. The number of allylic oxidation sites excluding steroid dienone is 2. The van der Waals surface area contributed by atoms with E-state index >= 15 is 0 Å². The van der Waals surface area contributed by atoms with Crippen LogP contribution < -0.4 is 0 Å². The summed E-state index contributed by atoms with van der Waals surface area (Å²) in [6.45, 7) is 13.7. The minimum absolute atomic E-state index is 0.0894. The third-order valence-electron chi connectivity index (χ3n) is 16.4. The van der Waals surface area contributed by atoms with E-state index in [-0.39, 0.29) is 39.1 Å². The van der Waals surface area contributed by atoms with Crippen LogP contribution in [0.3, 0.4) is 0 Å². The van der Waals surface area contributed by atoms with Gasteiger partial charge in [0.1, 0.15) is 18.3 Å². The van der Waals surface area contributed by atoms with Crippen molar-refractivity contribution >= 4 is 11.9 Å². The lowest BCUT2D eigenvalue weighted by Gasteiger charge is -2.74. The van der Waals surface area contributed by atoms with E-state index in [0.717, 1.165) is 44.1 Å². The van der Waals surface area contributed by atoms with Crippen molar-refractivity contribution in [3.05, 3.63) is 23.8 Å². The van der Waals surface area contributed by atoms with Gasteiger partial charge >= 0.3 is 11.9 Å². The molecule has 6 aliphatic carbocycles. The number of hydrogen-bond donors (Lipinski definition) is 6. The number of ether oxygens (including phenoxy) is 2. The van der Waals surface area contributed by atoms with Gasteiger partial charge in [-0.1, -0.05) is 65.3 Å². The predicted octanol–water partition coefficient (Wildman–Crippen LogP) is 4.43. The van der Waals surface area contributed by atoms with Crippen molar-refractivity contribution in [2.24, 2.45) is 49.7 Å². The molecule has 4 saturated carbocycles. The van der Waals surface area contributed by atoms with Crippen LogP contribution in [0.25, 0.3) is 0 Å². The van der Waals surface area contributed by atoms with E-state index in [4.69, 9.17) is 9.47 Å². The molecule has 1 spiro atoms. The van der Waals surface area contributed by atoms with E-state index in [0.29, 0.717) is 31.6 Å². The molecule has 0 aromatic rings. The van der Waals surface area contributed by atoms with Crippen LogP contribution in [0, 0.1) is 49.7 Å². The summed E-state index contributed by atoms with van der Waals surface area (Å²) < 4.78 is 11.9. The molecule has 48 heavy (non-hydrogen) atoms. The zero-order chi connectivity index (χ0) is 35.0. The van der Waals surface area contributed by atoms with Gasteiger partial charge in [0.15, 0.2) is 12.4 Å². The molecule has 1 aliphatic heterocycles. The number of aliphatic hydroxyl groups excluding tert-OH is 4. The molecule has 0 aromatic heterocycles. The van der Waals surface area contributed by atoms with Gasteiger partial charge in [-0.05, 0) is 103 Å². The molecule has 5 fully saturated rings. The fourth-order valence-corrected chi connectivity index (χ4v) is 13.4. The normalized spacial score (nSPS) is 55.3. The molecule has 1 saturated heterocycles. The Morgan fingerprint density at radius 3 is 2.19 bits per heavy atom. The van der Waals surface area contributed by atoms with Gasteiger partial charge in [-0.3, -0.25) is 4.79 Å². The third kappa shape index (κ3) is 4.02. The number of fused-ring (bicyclic) bond motifs is 6. The van der Waals surface area contributed by atoms with E-state index < -0.39 is 59.6 Å². The van der Waals surface area contributed by atoms with Gasteiger partial charge in [0.25, 0.3) is 0 Å². The van der Waals surface area contributed by atoms with E-state index in [9.17, 15) is 40.2 Å². The fourth-order valence-electron chi connectivity index (χ4n) is 13.4. The molecule has 268 valence electrons. The van der Waals surface area contributed by atoms with Crippen LogP contribution in [-0.2, 0) is 19.1 Å². The van der Waals surface area contributed by atoms with Crippen molar-refractivity contribution in [1.29, 1.82) is 0 Å². The summed E-state index contributed by atoms with van der Waals surface area (Å²) in [7, 11) is 0. The average Bonchev–Trinajstić information content (AvgIpc) is 3.00. The molecule has 10 heteroatoms. The summed E-state index contributed by atoms with van der Waals surface area (Å²) in [5.41, 5.74) is -2.08. The van der Waals surface area contributed by atoms with E-state index in [1.54, 1.807) is 0 Å². The summed E-state index contributed by atoms with van der Waals surface area (Å²) in [4.78, 5) is 25.1. The fraction of sp³-hybridized carbons (Fsp3) is 0.842. The molecule has 0 aromatic carbocycles. The number of rotatable bonds is 4. The number of carboxylic acids is 2. The van der Waals surface area contributed by atoms with Crippen LogP contribution in [0.5, 0.6) is 0 Å². The first-order valence-corrected chi connectivity index (χ1v) is 18.2. The highest BCUT2D eigenvalue weighted by Crippen LogP contribution is 2.79. The van der Waals surface area contributed by atoms with Gasteiger partial charge in [-0.15, -0.1) is 0 Å². The highest BCUT2D eigenvalue weighted by atomic mass is 16.7. The molecule has 0 amide bonds. The van der Waals surface area contributed by atoms with Crippen molar-refractivity contribution in [2.45, 2.75) is 149 Å². The summed E-state index contributed by atoms with van der Waals surface area (Å²) in [6.07, 6.45) is 4.77. The highest BCUT2D eigenvalue weighted by Gasteiger charge is 2.76. The van der Waals surface area contributed by atoms with Crippen molar-refractivity contribution in [3.63, 3.8) is 0 Å². The molecule has 2 bridgehead atoms. The Morgan fingerprint density at radius 2 is 1.52 bits per heavy atom. The van der Waals surface area contributed by atoms with Crippen LogP contribution in [-0.4, -0.2) is 85.5 Å². The summed E-state index contributed by atoms with van der Waals surface area (Å²) in [5, 5.41) is 64.1. The molecular weight excluding hydrogens is 616 g/mol. The minimum atomic E-state index is -1.77. The van der Waals surface area contributed by atoms with Crippen molar-refractivity contribution in [1.82, 2.24) is 0 Å². The molecule has 0 radical (unpaired) electrons. The van der Waals surface area contributed by atoms with Gasteiger partial charge in [-0.25, -0.2) is 4.79 Å². The first-order chi connectivity index (χ1) is 22.3. The Balaban J connectivity index is 1.23. The molecule has 6 N–H and O–H groups in total. The Kier molecular flexibility index (Phi) is 7.65. The number of carbonyl (C=O) groups is 2. The Hall–Kier alpha value is -1.82. The first-order valence-electron chi connectivity index (χ1n) is 18.2. The van der Waals surface area contributed by atoms with Crippen molar-refractivity contribution in [2.75, 3.05) is 0 Å². The van der Waals surface area contributed by atoms with E-state index in [2.05, 4.69) is 59.8 Å². The first kappa shape index (κ1) is 34.6. The van der Waals surface area contributed by atoms with Crippen molar-refractivity contribution < 1.29 is 49.7 Å². The molecule has 15 atom stereocenters. The van der Waals surface area contributed by atoms with Gasteiger partial charge in [0.2, 0.25) is 0 Å². The maximum Gasteiger partial charge on any atom is 0.335 e. The van der Waals surface area contributed by atoms with Crippen LogP contribution in [0.4, 0.5) is 0 Å². The van der Waals surface area contributed by atoms with Crippen LogP contribution in [0.1, 0.15) is 106 Å². The number of aliphatic carboxylic acids is 2. The standard InChI is InChI=1S/C38H56O10/c1-32(2)20-10-15-35(5)21(34(20,4)14-11-23(32)47-29-26(41)24(39)25(40)27(48-29)28(42)43)8-9-22-36(35,6)17-19-37(31(45)46)18-16-33(3)12-7-13-38(22,37)30(33)44/h7,9,13,20-21,23-27,29-30,39-41,44H,8,10-12,14-19H2,1-6H3,(H,42,43)(H,45,46)/t20-,21+,23-,24-,25-,26+,27-,29+,30-,33-,34-,35+,36+,37+,38+/m0/s1. The number of aliphatic hydroxyl groups is 4. The summed E-state index contributed by atoms with van der Waals surface area (Å²) >= 11 is 0. The second kappa shape index (κ2) is 10.6. The Labute approximate surface area is 283 Å². The smallest absolute Gasteiger partial charge is 0.335 e. The van der Waals surface area contributed by atoms with Gasteiger partial charge in [-0.2, -0.15) is 0 Å². The molecule has 7 rings (SSSR count). The Morgan fingerprint density at radius 1 is 0.833 bits per heavy atom. The predicted molar refractivity (Wildman–Crippen MR) is 174 cm³/mol. The lowest BCUT2D eigenvalue weighted by Crippen LogP contribution is -2.71. The van der Waals surface area contributed by atoms with E-state index in [1.807, 2.05) is 0 Å². The largest absolute Gasteiger partial charge is 0.481 e. The molecule has 10 nitrogen and oxygen atoms in total. The Bertz CT molecular complexity index is 1440. The van der Waals surface area contributed by atoms with Gasteiger partial charge in [0.05, 0.1) is 23.0 Å². The van der Waals surface area contributed by atoms with Crippen LogP contribution in [0.2, 0.25) is 0 Å². The van der Waals surface area contributed by atoms with E-state index in [1.165, 1.54) is 0 Å². The van der Waals surface area contributed by atoms with Crippen LogP contribution >= 0.6 is 0 Å². The monoisotopic (exact) mass is 672 g/mol. The number of hydrogen-bond acceptors (Lipinski definition) is 8. The van der Waals surface area contributed by atoms with Crippen LogP contribution in [0.15, 0.2) is 23.8 Å². The zero-order valence-corrected chi connectivity index (χ0v) is 29.3. The SMILES string of the molecule is CC1(C)[C@@H](O[C@@H]2O[C@H](C(=O)O)[C@@H](O)[C@H](O)[C@H]2O)CC[C@]2(C)[C@H]3CC=C4[C@@](C)(CC[C@@]5(C(=O)O)CC[C@]6(C)CC=C[C@]45[C@H]6O)[C@]3(C)CC[C@@H]12. The molecule has 1 heterocycles. The summed E-state index contributed by atoms with van der Waals surface area (Å²) in [5.74, 6) is -1.69. The molecular formula is C38H56O10.